The summed E-state index contributed by atoms with van der Waals surface area (Å²) in [5.74, 6) is 1.58. The Kier molecular flexibility index (Phi) is 5.00. The molecule has 1 N–H and O–H groups in total. The van der Waals surface area contributed by atoms with Crippen molar-refractivity contribution in [2.45, 2.75) is 19.4 Å². The molecule has 2 aromatic rings. The molecule has 0 saturated heterocycles. The van der Waals surface area contributed by atoms with Crippen LogP contribution in [0.1, 0.15) is 29.7 Å². The summed E-state index contributed by atoms with van der Waals surface area (Å²) in [6.07, 6.45) is 0.875. The Labute approximate surface area is 146 Å². The summed E-state index contributed by atoms with van der Waals surface area (Å²) in [6, 6.07) is 9.54. The van der Waals surface area contributed by atoms with Crippen LogP contribution in [0.3, 0.4) is 0 Å². The lowest BCUT2D eigenvalue weighted by atomic mass is 9.89. The predicted molar refractivity (Wildman–Crippen MR) is 94.2 cm³/mol. The van der Waals surface area contributed by atoms with Crippen molar-refractivity contribution in [3.05, 3.63) is 57.1 Å². The van der Waals surface area contributed by atoms with Gasteiger partial charge in [0.25, 0.3) is 0 Å². The van der Waals surface area contributed by atoms with Gasteiger partial charge in [-0.3, -0.25) is 0 Å². The Morgan fingerprint density at radius 1 is 1.17 bits per heavy atom. The minimum Gasteiger partial charge on any atom is -0.493 e. The van der Waals surface area contributed by atoms with Gasteiger partial charge in [0.05, 0.1) is 19.8 Å². The van der Waals surface area contributed by atoms with Gasteiger partial charge in [-0.1, -0.05) is 35.3 Å². The molecule has 23 heavy (non-hydrogen) atoms. The van der Waals surface area contributed by atoms with Crippen LogP contribution in [0.25, 0.3) is 0 Å². The van der Waals surface area contributed by atoms with Gasteiger partial charge >= 0.3 is 0 Å². The van der Waals surface area contributed by atoms with Crippen LogP contribution < -0.4 is 14.8 Å². The lowest BCUT2D eigenvalue weighted by Crippen LogP contribution is -2.31. The van der Waals surface area contributed by atoms with Crippen LogP contribution in [0.5, 0.6) is 11.5 Å². The first kappa shape index (κ1) is 16.4. The zero-order valence-corrected chi connectivity index (χ0v) is 14.7. The van der Waals surface area contributed by atoms with Crippen LogP contribution in [0.15, 0.2) is 30.3 Å². The maximum absolute atomic E-state index is 6.41. The number of nitrogens with one attached hydrogen (secondary N) is 1. The molecule has 3 rings (SSSR count). The highest BCUT2D eigenvalue weighted by atomic mass is 35.5. The second-order valence-electron chi connectivity index (χ2n) is 5.37. The lowest BCUT2D eigenvalue weighted by molar-refractivity contribution is 0.305. The predicted octanol–water partition coefficient (Wildman–Crippen LogP) is 4.64. The molecule has 1 aliphatic rings. The fraction of sp³-hybridized carbons (Fsp3) is 0.333. The summed E-state index contributed by atoms with van der Waals surface area (Å²) in [5.41, 5.74) is 3.20. The standard InChI is InChI=1S/C18H19Cl2NO2/c1-3-23-18-12-9-10-21-17(11(12)7-8-15(18)22-2)16-13(19)5-4-6-14(16)20/h4-8,17,21H,3,9-10H2,1-2H3. The van der Waals surface area contributed by atoms with Crippen molar-refractivity contribution in [2.24, 2.45) is 0 Å². The van der Waals surface area contributed by atoms with Crippen LogP contribution in [-0.4, -0.2) is 20.3 Å². The van der Waals surface area contributed by atoms with Crippen molar-refractivity contribution >= 4 is 23.2 Å². The molecule has 1 aliphatic heterocycles. The third-order valence-corrected chi connectivity index (χ3v) is 4.75. The average Bonchev–Trinajstić information content (AvgIpc) is 2.55. The Balaban J connectivity index is 2.15. The van der Waals surface area contributed by atoms with Crippen LogP contribution in [0.4, 0.5) is 0 Å². The van der Waals surface area contributed by atoms with Gasteiger partial charge in [0, 0.05) is 27.7 Å². The molecular weight excluding hydrogens is 333 g/mol. The van der Waals surface area contributed by atoms with E-state index in [2.05, 4.69) is 11.4 Å². The molecule has 5 heteroatoms. The molecule has 0 fully saturated rings. The molecular formula is C18H19Cl2NO2. The number of hydrogen-bond acceptors (Lipinski definition) is 3. The molecule has 122 valence electrons. The normalized spacial score (nSPS) is 16.8. The van der Waals surface area contributed by atoms with E-state index in [1.54, 1.807) is 7.11 Å². The molecule has 0 radical (unpaired) electrons. The molecule has 1 atom stereocenters. The van der Waals surface area contributed by atoms with E-state index in [9.17, 15) is 0 Å². The lowest BCUT2D eigenvalue weighted by Gasteiger charge is -2.30. The maximum atomic E-state index is 6.41. The van der Waals surface area contributed by atoms with Crippen LogP contribution in [0.2, 0.25) is 10.0 Å². The third-order valence-electron chi connectivity index (χ3n) is 4.09. The Morgan fingerprint density at radius 3 is 2.57 bits per heavy atom. The fourth-order valence-electron chi connectivity index (χ4n) is 3.11. The Bertz CT molecular complexity index is 698. The number of benzene rings is 2. The number of halogens is 2. The van der Waals surface area contributed by atoms with Crippen LogP contribution in [-0.2, 0) is 6.42 Å². The van der Waals surface area contributed by atoms with Crippen LogP contribution >= 0.6 is 23.2 Å². The summed E-state index contributed by atoms with van der Waals surface area (Å²) in [6.45, 7) is 3.40. The second-order valence-corrected chi connectivity index (χ2v) is 6.18. The van der Waals surface area contributed by atoms with E-state index in [1.165, 1.54) is 0 Å². The number of hydrogen-bond donors (Lipinski definition) is 1. The molecule has 0 saturated carbocycles. The number of rotatable bonds is 4. The average molecular weight is 352 g/mol. The minimum absolute atomic E-state index is 0.0509. The van der Waals surface area contributed by atoms with E-state index in [0.29, 0.717) is 16.7 Å². The molecule has 1 heterocycles. The van der Waals surface area contributed by atoms with E-state index < -0.39 is 0 Å². The first-order valence-corrected chi connectivity index (χ1v) is 8.42. The summed E-state index contributed by atoms with van der Waals surface area (Å²) in [4.78, 5) is 0. The third kappa shape index (κ3) is 3.01. The second kappa shape index (κ2) is 7.00. The van der Waals surface area contributed by atoms with Gasteiger partial charge in [-0.25, -0.2) is 0 Å². The zero-order chi connectivity index (χ0) is 16.4. The number of fused-ring (bicyclic) bond motifs is 1. The first-order chi connectivity index (χ1) is 11.2. The summed E-state index contributed by atoms with van der Waals surface area (Å²) in [5, 5.41) is 4.84. The maximum Gasteiger partial charge on any atom is 0.164 e. The highest BCUT2D eigenvalue weighted by Gasteiger charge is 2.28. The van der Waals surface area contributed by atoms with Gasteiger partial charge in [0.1, 0.15) is 0 Å². The monoisotopic (exact) mass is 351 g/mol. The highest BCUT2D eigenvalue weighted by molar-refractivity contribution is 6.36. The zero-order valence-electron chi connectivity index (χ0n) is 13.2. The van der Waals surface area contributed by atoms with E-state index in [-0.39, 0.29) is 6.04 Å². The van der Waals surface area contributed by atoms with Gasteiger partial charge < -0.3 is 14.8 Å². The fourth-order valence-corrected chi connectivity index (χ4v) is 3.72. The molecule has 0 bridgehead atoms. The molecule has 3 nitrogen and oxygen atoms in total. The SMILES string of the molecule is CCOc1c(OC)ccc2c1CCNC2c1c(Cl)cccc1Cl. The highest BCUT2D eigenvalue weighted by Crippen LogP contribution is 2.42. The van der Waals surface area contributed by atoms with Crippen molar-refractivity contribution in [1.29, 1.82) is 0 Å². The van der Waals surface area contributed by atoms with Crippen molar-refractivity contribution < 1.29 is 9.47 Å². The largest absolute Gasteiger partial charge is 0.493 e. The quantitative estimate of drug-likeness (QED) is 0.870. The van der Waals surface area contributed by atoms with Gasteiger partial charge in [-0.2, -0.15) is 0 Å². The van der Waals surface area contributed by atoms with Gasteiger partial charge in [0.2, 0.25) is 0 Å². The number of ether oxygens (including phenoxy) is 2. The molecule has 2 aromatic carbocycles. The van der Waals surface area contributed by atoms with Gasteiger partial charge in [0.15, 0.2) is 11.5 Å². The minimum atomic E-state index is -0.0509. The Hall–Kier alpha value is -1.42. The molecule has 1 unspecified atom stereocenters. The number of methoxy groups -OCH3 is 1. The van der Waals surface area contributed by atoms with E-state index in [4.69, 9.17) is 32.7 Å². The molecule has 0 aliphatic carbocycles. The van der Waals surface area contributed by atoms with E-state index in [0.717, 1.165) is 41.2 Å². The van der Waals surface area contributed by atoms with E-state index >= 15 is 0 Å². The topological polar surface area (TPSA) is 30.5 Å². The van der Waals surface area contributed by atoms with Crippen molar-refractivity contribution in [2.75, 3.05) is 20.3 Å². The van der Waals surface area contributed by atoms with E-state index in [1.807, 2.05) is 31.2 Å². The summed E-state index contributed by atoms with van der Waals surface area (Å²) >= 11 is 12.8. The molecule has 0 amide bonds. The molecule has 0 aromatic heterocycles. The van der Waals surface area contributed by atoms with Crippen molar-refractivity contribution in [1.82, 2.24) is 5.32 Å². The van der Waals surface area contributed by atoms with Gasteiger partial charge in [-0.05, 0) is 37.1 Å². The molecule has 0 spiro atoms. The van der Waals surface area contributed by atoms with Crippen LogP contribution in [0, 0.1) is 0 Å². The first-order valence-electron chi connectivity index (χ1n) is 7.67. The Morgan fingerprint density at radius 2 is 1.91 bits per heavy atom. The van der Waals surface area contributed by atoms with Crippen molar-refractivity contribution in [3.63, 3.8) is 0 Å². The van der Waals surface area contributed by atoms with Crippen molar-refractivity contribution in [3.8, 4) is 11.5 Å². The smallest absolute Gasteiger partial charge is 0.164 e. The summed E-state index contributed by atoms with van der Waals surface area (Å²) < 4.78 is 11.3. The van der Waals surface area contributed by atoms with Gasteiger partial charge in [-0.15, -0.1) is 0 Å². The summed E-state index contributed by atoms with van der Waals surface area (Å²) in [7, 11) is 1.66.